The van der Waals surface area contributed by atoms with Crippen LogP contribution in [-0.4, -0.2) is 44.2 Å². The van der Waals surface area contributed by atoms with Crippen LogP contribution in [0.3, 0.4) is 0 Å². The smallest absolute Gasteiger partial charge is 0.235 e. The molecule has 0 spiro atoms. The summed E-state index contributed by atoms with van der Waals surface area (Å²) in [7, 11) is 3.26. The van der Waals surface area contributed by atoms with Crippen molar-refractivity contribution in [1.82, 2.24) is 30.0 Å². The molecule has 2 aromatic carbocycles. The van der Waals surface area contributed by atoms with E-state index in [1.54, 1.807) is 18.7 Å². The van der Waals surface area contributed by atoms with Gasteiger partial charge in [0, 0.05) is 11.6 Å². The zero-order chi connectivity index (χ0) is 21.2. The van der Waals surface area contributed by atoms with Crippen LogP contribution in [0.2, 0.25) is 0 Å². The van der Waals surface area contributed by atoms with Gasteiger partial charge in [0.2, 0.25) is 4.96 Å². The molecule has 0 fully saturated rings. The molecule has 0 bridgehead atoms. The van der Waals surface area contributed by atoms with Crippen molar-refractivity contribution in [2.24, 2.45) is 0 Å². The van der Waals surface area contributed by atoms with Gasteiger partial charge in [-0.1, -0.05) is 17.4 Å². The van der Waals surface area contributed by atoms with Crippen LogP contribution in [0.1, 0.15) is 5.82 Å². The number of methoxy groups -OCH3 is 2. The first-order valence-corrected chi connectivity index (χ1v) is 10.2. The molecular weight excluding hydrogens is 416 g/mol. The number of ether oxygens (including phenoxy) is 3. The van der Waals surface area contributed by atoms with E-state index >= 15 is 0 Å². The third kappa shape index (κ3) is 3.80. The molecule has 0 radical (unpaired) electrons. The van der Waals surface area contributed by atoms with E-state index in [1.807, 2.05) is 54.6 Å². The molecule has 0 aliphatic carbocycles. The topological polar surface area (TPSA) is 99.5 Å². The molecule has 9 nitrogen and oxygen atoms in total. The summed E-state index contributed by atoms with van der Waals surface area (Å²) in [5.41, 5.74) is 2.62. The molecular formula is C21H18N6O3S. The van der Waals surface area contributed by atoms with E-state index in [0.29, 0.717) is 16.5 Å². The van der Waals surface area contributed by atoms with Crippen molar-refractivity contribution in [2.75, 3.05) is 14.2 Å². The number of hydrogen-bond acceptors (Lipinski definition) is 8. The quantitative estimate of drug-likeness (QED) is 0.415. The molecule has 3 heterocycles. The van der Waals surface area contributed by atoms with Gasteiger partial charge in [-0.15, -0.1) is 10.2 Å². The molecule has 0 saturated carbocycles. The standard InChI is InChI=1S/C21H18N6O3S/c1-28-14-8-6-13(7-9-14)17-11-18(23-22-17)20-26-27-19(24-25-21(27)31-20)12-30-16-5-3-4-15(10-16)29-2/h3-11H,12H2,1-2H3,(H,22,23). The maximum atomic E-state index is 5.83. The fourth-order valence-electron chi connectivity index (χ4n) is 3.04. The lowest BCUT2D eigenvalue weighted by atomic mass is 10.1. The SMILES string of the molecule is COc1ccc(-c2cc(-c3nn4c(COc5cccc(OC)c5)nnc4s3)[nH]n2)cc1. The van der Waals surface area contributed by atoms with E-state index in [1.165, 1.54) is 11.3 Å². The Morgan fingerprint density at radius 1 is 0.935 bits per heavy atom. The monoisotopic (exact) mass is 434 g/mol. The van der Waals surface area contributed by atoms with Crippen molar-refractivity contribution >= 4 is 16.3 Å². The molecule has 3 aromatic heterocycles. The Balaban J connectivity index is 1.36. The summed E-state index contributed by atoms with van der Waals surface area (Å²) < 4.78 is 17.9. The van der Waals surface area contributed by atoms with Gasteiger partial charge in [-0.25, -0.2) is 0 Å². The number of aromatic nitrogens is 6. The highest BCUT2D eigenvalue weighted by atomic mass is 32.1. The Bertz CT molecular complexity index is 1320. The first-order chi connectivity index (χ1) is 15.2. The average molecular weight is 434 g/mol. The second-order valence-electron chi connectivity index (χ2n) is 6.58. The van der Waals surface area contributed by atoms with Crippen LogP contribution in [0.25, 0.3) is 26.9 Å². The highest BCUT2D eigenvalue weighted by Gasteiger charge is 2.16. The van der Waals surface area contributed by atoms with E-state index in [2.05, 4.69) is 25.5 Å². The molecule has 0 aliphatic heterocycles. The summed E-state index contributed by atoms with van der Waals surface area (Å²) in [6, 6.07) is 17.1. The van der Waals surface area contributed by atoms with Crippen LogP contribution < -0.4 is 14.2 Å². The lowest BCUT2D eigenvalue weighted by molar-refractivity contribution is 0.290. The number of aromatic amines is 1. The van der Waals surface area contributed by atoms with Gasteiger partial charge in [-0.05, 0) is 42.5 Å². The second kappa shape index (κ2) is 8.07. The molecule has 0 saturated heterocycles. The lowest BCUT2D eigenvalue weighted by Gasteiger charge is -2.05. The minimum atomic E-state index is 0.234. The minimum Gasteiger partial charge on any atom is -0.497 e. The number of nitrogens with zero attached hydrogens (tertiary/aromatic N) is 5. The largest absolute Gasteiger partial charge is 0.497 e. The first-order valence-electron chi connectivity index (χ1n) is 9.41. The third-order valence-electron chi connectivity index (χ3n) is 4.66. The van der Waals surface area contributed by atoms with Gasteiger partial charge in [0.1, 0.15) is 23.9 Å². The fraction of sp³-hybridized carbons (Fsp3) is 0.143. The van der Waals surface area contributed by atoms with Crippen LogP contribution in [0.15, 0.2) is 54.6 Å². The second-order valence-corrected chi connectivity index (χ2v) is 7.54. The molecule has 0 unspecified atom stereocenters. The van der Waals surface area contributed by atoms with Crippen LogP contribution in [0.5, 0.6) is 17.2 Å². The number of benzene rings is 2. The van der Waals surface area contributed by atoms with E-state index < -0.39 is 0 Å². The Hall–Kier alpha value is -3.92. The molecule has 10 heteroatoms. The molecule has 0 amide bonds. The molecule has 156 valence electrons. The van der Waals surface area contributed by atoms with E-state index in [4.69, 9.17) is 14.2 Å². The normalized spacial score (nSPS) is 11.0. The van der Waals surface area contributed by atoms with Gasteiger partial charge >= 0.3 is 0 Å². The van der Waals surface area contributed by atoms with Gasteiger partial charge in [-0.3, -0.25) is 5.10 Å². The molecule has 1 N–H and O–H groups in total. The zero-order valence-corrected chi connectivity index (χ0v) is 17.6. The van der Waals surface area contributed by atoms with Crippen LogP contribution in [0, 0.1) is 0 Å². The zero-order valence-electron chi connectivity index (χ0n) is 16.8. The predicted octanol–water partition coefficient (Wildman–Crippen LogP) is 3.84. The highest BCUT2D eigenvalue weighted by molar-refractivity contribution is 7.19. The average Bonchev–Trinajstić information content (AvgIpc) is 3.54. The predicted molar refractivity (Wildman–Crippen MR) is 116 cm³/mol. The molecule has 5 rings (SSSR count). The Morgan fingerprint density at radius 2 is 1.74 bits per heavy atom. The van der Waals surface area contributed by atoms with Crippen LogP contribution >= 0.6 is 11.3 Å². The fourth-order valence-corrected chi connectivity index (χ4v) is 3.86. The number of H-pyrrole nitrogens is 1. The summed E-state index contributed by atoms with van der Waals surface area (Å²) in [5, 5.41) is 21.3. The first kappa shape index (κ1) is 19.1. The van der Waals surface area contributed by atoms with Gasteiger partial charge in [0.15, 0.2) is 10.8 Å². The number of hydrogen-bond donors (Lipinski definition) is 1. The minimum absolute atomic E-state index is 0.234. The van der Waals surface area contributed by atoms with Crippen molar-refractivity contribution < 1.29 is 14.2 Å². The van der Waals surface area contributed by atoms with Crippen molar-refractivity contribution in [3.8, 4) is 39.2 Å². The molecule has 5 aromatic rings. The summed E-state index contributed by atoms with van der Waals surface area (Å²) in [6.07, 6.45) is 0. The number of nitrogens with one attached hydrogen (secondary N) is 1. The van der Waals surface area contributed by atoms with Gasteiger partial charge in [0.25, 0.3) is 0 Å². The maximum absolute atomic E-state index is 5.83. The van der Waals surface area contributed by atoms with Gasteiger partial charge in [0.05, 0.1) is 25.6 Å². The van der Waals surface area contributed by atoms with Crippen LogP contribution in [-0.2, 0) is 6.61 Å². The van der Waals surface area contributed by atoms with Crippen molar-refractivity contribution in [3.63, 3.8) is 0 Å². The van der Waals surface area contributed by atoms with Crippen molar-refractivity contribution in [3.05, 3.63) is 60.4 Å². The summed E-state index contributed by atoms with van der Waals surface area (Å²) in [6.45, 7) is 0.234. The third-order valence-corrected chi connectivity index (χ3v) is 5.59. The van der Waals surface area contributed by atoms with Gasteiger partial charge < -0.3 is 14.2 Å². The Labute approximate surface area is 181 Å². The maximum Gasteiger partial charge on any atom is 0.235 e. The summed E-state index contributed by atoms with van der Waals surface area (Å²) >= 11 is 1.42. The molecule has 0 aliphatic rings. The highest BCUT2D eigenvalue weighted by Crippen LogP contribution is 2.28. The summed E-state index contributed by atoms with van der Waals surface area (Å²) in [4.78, 5) is 0.680. The van der Waals surface area contributed by atoms with Crippen molar-refractivity contribution in [2.45, 2.75) is 6.61 Å². The Morgan fingerprint density at radius 3 is 2.55 bits per heavy atom. The molecule has 0 atom stereocenters. The van der Waals surface area contributed by atoms with Gasteiger partial charge in [-0.2, -0.15) is 14.7 Å². The lowest BCUT2D eigenvalue weighted by Crippen LogP contribution is -2.02. The number of fused-ring (bicyclic) bond motifs is 1. The van der Waals surface area contributed by atoms with E-state index in [0.717, 1.165) is 33.5 Å². The van der Waals surface area contributed by atoms with E-state index in [-0.39, 0.29) is 6.61 Å². The Kier molecular flexibility index (Phi) is 4.97. The van der Waals surface area contributed by atoms with E-state index in [9.17, 15) is 0 Å². The van der Waals surface area contributed by atoms with Crippen LogP contribution in [0.4, 0.5) is 0 Å². The molecule has 31 heavy (non-hydrogen) atoms. The number of rotatable bonds is 7. The summed E-state index contributed by atoms with van der Waals surface area (Å²) in [5.74, 6) is 2.82. The van der Waals surface area contributed by atoms with Crippen molar-refractivity contribution in [1.29, 1.82) is 0 Å².